The van der Waals surface area contributed by atoms with Crippen LogP contribution in [0.25, 0.3) is 133 Å². The minimum absolute atomic E-state index is 0. The lowest BCUT2D eigenvalue weighted by Gasteiger charge is -2.20. The molecule has 13 nitrogen and oxygen atoms in total. The van der Waals surface area contributed by atoms with Gasteiger partial charge >= 0.3 is 7.12 Å². The summed E-state index contributed by atoms with van der Waals surface area (Å²) in [5.74, 6) is 1.57. The van der Waals surface area contributed by atoms with Crippen LogP contribution in [-0.2, 0) is 13.7 Å². The third-order valence-electron chi connectivity index (χ3n) is 23.5. The third kappa shape index (κ3) is 14.0. The normalized spacial score (nSPS) is 11.8. The zero-order chi connectivity index (χ0) is 84.5. The molecule has 6 heterocycles. The van der Waals surface area contributed by atoms with Crippen molar-refractivity contribution in [1.29, 1.82) is 0 Å². The summed E-state index contributed by atoms with van der Waals surface area (Å²) >= 11 is 7.30. The van der Waals surface area contributed by atoms with Gasteiger partial charge in [0.25, 0.3) is 0 Å². The molecule has 0 unspecified atom stereocenters. The summed E-state index contributed by atoms with van der Waals surface area (Å²) in [6.45, 7) is 0. The smallest absolute Gasteiger partial charge is 0.423 e. The average Bonchev–Trinajstić information content (AvgIpc) is 1.53. The van der Waals surface area contributed by atoms with Crippen molar-refractivity contribution in [3.05, 3.63) is 434 Å². The molecule has 0 saturated heterocycles. The Morgan fingerprint density at radius 3 is 0.810 bits per heavy atom. The first-order valence-electron chi connectivity index (χ1n) is 40.9. The molecule has 0 aliphatic carbocycles. The van der Waals surface area contributed by atoms with Gasteiger partial charge in [0.05, 0.1) is 55.2 Å². The Bertz CT molecular complexity index is 7870. The van der Waals surface area contributed by atoms with Gasteiger partial charge in [-0.2, -0.15) is 0 Å². The minimum Gasteiger partial charge on any atom is -0.423 e. The highest BCUT2D eigenvalue weighted by atomic mass is 79.9. The van der Waals surface area contributed by atoms with Gasteiger partial charge in [0.2, 0.25) is 11.9 Å². The molecule has 126 heavy (non-hydrogen) atoms. The predicted molar refractivity (Wildman–Crippen MR) is 532 cm³/mol. The Labute approximate surface area is 743 Å². The highest BCUT2D eigenvalue weighted by Gasteiger charge is 2.34. The van der Waals surface area contributed by atoms with Gasteiger partial charge in [0.15, 0.2) is 21.4 Å². The molecule has 0 atom stereocenters. The second-order valence-electron chi connectivity index (χ2n) is 30.7. The molecule has 0 aliphatic rings. The largest absolute Gasteiger partial charge is 0.488 e. The number of rotatable bonds is 14. The number of halogens is 2. The topological polar surface area (TPSA) is 162 Å². The van der Waals surface area contributed by atoms with Crippen LogP contribution in [0.5, 0.6) is 0 Å². The van der Waals surface area contributed by atoms with Gasteiger partial charge in [-0.05, 0) is 137 Å². The number of imidazole rings is 2. The fraction of sp³-hybridized carbons (Fsp3) is 0.00935. The van der Waals surface area contributed by atoms with E-state index in [-0.39, 0.29) is 7.43 Å². The number of fused-ring (bicyclic) bond motifs is 16. The molecule has 606 valence electrons. The van der Waals surface area contributed by atoms with E-state index in [1.165, 1.54) is 10.8 Å². The Morgan fingerprint density at radius 2 is 0.492 bits per heavy atom. The summed E-state index contributed by atoms with van der Waals surface area (Å²) in [6, 6.07) is 140. The Hall–Kier alpha value is -13.7. The van der Waals surface area contributed by atoms with Crippen molar-refractivity contribution < 1.29 is 23.7 Å². The summed E-state index contributed by atoms with van der Waals surface area (Å²) in [4.78, 5) is 20.8. The van der Waals surface area contributed by atoms with Crippen LogP contribution in [0.3, 0.4) is 0 Å². The molecule has 6 aromatic heterocycles. The zero-order valence-corrected chi connectivity index (χ0v) is 72.6. The van der Waals surface area contributed by atoms with E-state index in [2.05, 4.69) is 201 Å². The Morgan fingerprint density at radius 1 is 0.238 bits per heavy atom. The standard InChI is InChI=1S/C62H42N4O2P2.C26H14Br2N4.C18H16BO3P.CH4/c67-69(47-17-5-1-6-18-47,48-19-7-2-8-20-48)51-35-29-43(30-36-51)45-33-39-58-54(41-45)55-42-46(44-31-37-52(38-32-44)70(68,49-21-9-3-10-22-49)50-23-11-4-12-24-50)34-40-59(55)65(58)62-64-56-26-14-13-25-53(56)61-63-57-27-15-16-28-60(57)66(61)62;27-15-9-11-22-18(13-15)19-14-16(28)10-12-23(19)31(22)26-30-20-6-2-1-5-17(20)25-29-21-7-3-4-8-24(21)32(25)26;20-19(21)15-11-13-18(14-12-15)23(22,16-7-3-1-4-8-16)17-9-5-2-6-10-17;/h1-42H;1-14H;1-14,20-21H;1H4. The molecule has 0 aliphatic heterocycles. The van der Waals surface area contributed by atoms with Crippen LogP contribution in [0.2, 0.25) is 0 Å². The molecular weight excluding hydrogens is 1740 g/mol. The van der Waals surface area contributed by atoms with Gasteiger partial charge in [-0.15, -0.1) is 0 Å². The Balaban J connectivity index is 0.000000146. The first kappa shape index (κ1) is 80.7. The van der Waals surface area contributed by atoms with E-state index < -0.39 is 28.5 Å². The maximum absolute atomic E-state index is 15.3. The van der Waals surface area contributed by atoms with E-state index in [9.17, 15) is 14.6 Å². The van der Waals surface area contributed by atoms with Crippen LogP contribution >= 0.6 is 53.3 Å². The lowest BCUT2D eigenvalue weighted by Crippen LogP contribution is -2.32. The van der Waals surface area contributed by atoms with Gasteiger partial charge in [-0.3, -0.25) is 17.9 Å². The van der Waals surface area contributed by atoms with E-state index in [1.54, 1.807) is 24.3 Å². The fourth-order valence-corrected chi connectivity index (χ4v) is 26.2. The number of hydrogen-bond donors (Lipinski definition) is 2. The van der Waals surface area contributed by atoms with E-state index in [0.717, 1.165) is 174 Å². The monoisotopic (exact) mass is 1810 g/mol. The van der Waals surface area contributed by atoms with Crippen molar-refractivity contribution in [2.75, 3.05) is 0 Å². The van der Waals surface area contributed by atoms with Gasteiger partial charge in [0, 0.05) is 89.0 Å². The second-order valence-corrected chi connectivity index (χ2v) is 40.9. The first-order chi connectivity index (χ1) is 61.3. The van der Waals surface area contributed by atoms with Crippen LogP contribution in [0, 0.1) is 0 Å². The van der Waals surface area contributed by atoms with Gasteiger partial charge in [-0.25, -0.2) is 19.9 Å². The first-order valence-corrected chi connectivity index (χ1v) is 47.6. The quantitative estimate of drug-likeness (QED) is 0.0797. The van der Waals surface area contributed by atoms with Crippen molar-refractivity contribution in [3.8, 4) is 34.2 Å². The molecule has 0 saturated carbocycles. The van der Waals surface area contributed by atoms with Crippen LogP contribution in [0.1, 0.15) is 7.43 Å². The lowest BCUT2D eigenvalue weighted by molar-refractivity contribution is 0.425. The predicted octanol–water partition coefficient (Wildman–Crippen LogP) is 22.0. The van der Waals surface area contributed by atoms with Gasteiger partial charge in [0.1, 0.15) is 11.3 Å². The average molecular weight is 1820 g/mol. The SMILES string of the molecule is Brc1ccc2c(c1)c1cc(Br)ccc1n2-c1nc2ccccc2c2nc3ccccc3n12.C.O=P(c1ccccc1)(c1ccccc1)c1ccc(-c2ccc3c(c2)c2cc(-c4ccc(P(=O)(c5ccccc5)c5ccccc5)cc4)ccc2n3-c2nc3ccccc3c3nc4ccccc4n23)cc1.O=P(c1ccccc1)(c1ccccc1)c1ccc(B(O)O)cc1. The van der Waals surface area contributed by atoms with Crippen molar-refractivity contribution in [3.63, 3.8) is 0 Å². The molecule has 0 amide bonds. The minimum atomic E-state index is -3.15. The van der Waals surface area contributed by atoms with E-state index in [4.69, 9.17) is 19.9 Å². The van der Waals surface area contributed by atoms with Crippen LogP contribution < -0.4 is 53.2 Å². The molecule has 0 radical (unpaired) electrons. The third-order valence-corrected chi connectivity index (χ3v) is 33.7. The summed E-state index contributed by atoms with van der Waals surface area (Å²) in [5, 5.41) is 31.9. The van der Waals surface area contributed by atoms with Crippen molar-refractivity contribution in [1.82, 2.24) is 37.9 Å². The lowest BCUT2D eigenvalue weighted by atomic mass is 9.81. The molecule has 23 aromatic rings. The number of para-hydroxylation sites is 6. The Kier molecular flexibility index (Phi) is 21.4. The summed E-state index contributed by atoms with van der Waals surface area (Å²) in [5.41, 5.74) is 16.1. The number of nitrogens with zero attached hydrogens (tertiary/aromatic N) is 8. The molecule has 23 rings (SSSR count). The second kappa shape index (κ2) is 33.4. The molecule has 17 aromatic carbocycles. The number of aromatic nitrogens is 8. The van der Waals surface area contributed by atoms with E-state index in [1.807, 2.05) is 249 Å². The van der Waals surface area contributed by atoms with Crippen molar-refractivity contribution in [2.24, 2.45) is 0 Å². The van der Waals surface area contributed by atoms with Crippen LogP contribution in [0.4, 0.5) is 0 Å². The maximum atomic E-state index is 15.3. The fourth-order valence-electron chi connectivity index (χ4n) is 17.5. The highest BCUT2D eigenvalue weighted by molar-refractivity contribution is 9.10. The van der Waals surface area contributed by atoms with E-state index in [0.29, 0.717) is 10.8 Å². The zero-order valence-electron chi connectivity index (χ0n) is 66.8. The highest BCUT2D eigenvalue weighted by Crippen LogP contribution is 2.47. The molecular formula is C107H76BBr2N8O5P3. The molecule has 19 heteroatoms. The van der Waals surface area contributed by atoms with Crippen LogP contribution in [0.15, 0.2) is 434 Å². The molecule has 2 N–H and O–H groups in total. The van der Waals surface area contributed by atoms with Crippen LogP contribution in [-0.4, -0.2) is 55.0 Å². The molecule has 0 fully saturated rings. The van der Waals surface area contributed by atoms with Gasteiger partial charge in [-0.1, -0.05) is 355 Å². The molecule has 0 bridgehead atoms. The van der Waals surface area contributed by atoms with Crippen molar-refractivity contribution >= 4 is 212 Å². The van der Waals surface area contributed by atoms with Gasteiger partial charge < -0.3 is 23.7 Å². The summed E-state index contributed by atoms with van der Waals surface area (Å²) in [7, 11) is -10.8. The summed E-state index contributed by atoms with van der Waals surface area (Å²) < 4.78 is 55.5. The summed E-state index contributed by atoms with van der Waals surface area (Å²) in [6.07, 6.45) is 0. The maximum Gasteiger partial charge on any atom is 0.488 e. The number of benzene rings is 17. The number of hydrogen-bond acceptors (Lipinski definition) is 9. The van der Waals surface area contributed by atoms with Crippen molar-refractivity contribution in [2.45, 2.75) is 7.43 Å². The van der Waals surface area contributed by atoms with E-state index >= 15 is 9.13 Å². The molecule has 0 spiro atoms.